The maximum atomic E-state index is 5.58. The monoisotopic (exact) mass is 291 g/mol. The number of hydrogen-bond acceptors (Lipinski definition) is 6. The average Bonchev–Trinajstić information content (AvgIpc) is 2.54. The first-order chi connectivity index (χ1) is 10.3. The highest BCUT2D eigenvalue weighted by atomic mass is 16.5. The van der Waals surface area contributed by atoms with Gasteiger partial charge in [-0.25, -0.2) is 9.97 Å². The van der Waals surface area contributed by atoms with E-state index in [0.717, 1.165) is 43.6 Å². The predicted octanol–water partition coefficient (Wildman–Crippen LogP) is 1.59. The number of piperidine rings is 1. The summed E-state index contributed by atoms with van der Waals surface area (Å²) in [6, 6.07) is 0.662. The van der Waals surface area contributed by atoms with Crippen LogP contribution in [0.25, 0.3) is 0 Å². The third kappa shape index (κ3) is 2.90. The molecule has 0 spiro atoms. The molecule has 6 heteroatoms. The molecule has 0 bridgehead atoms. The Balaban J connectivity index is 1.81. The van der Waals surface area contributed by atoms with E-state index in [2.05, 4.69) is 32.0 Å². The molecule has 1 aromatic rings. The molecule has 0 saturated carbocycles. The Morgan fingerprint density at radius 1 is 1.29 bits per heavy atom. The minimum Gasteiger partial charge on any atom is -0.490 e. The van der Waals surface area contributed by atoms with E-state index in [1.165, 1.54) is 25.8 Å². The molecule has 3 heterocycles. The second kappa shape index (κ2) is 6.47. The van der Waals surface area contributed by atoms with Crippen LogP contribution < -0.4 is 15.0 Å². The molecule has 6 nitrogen and oxygen atoms in total. The van der Waals surface area contributed by atoms with Crippen molar-refractivity contribution in [2.24, 2.45) is 0 Å². The third-order valence-corrected chi connectivity index (χ3v) is 4.47. The summed E-state index contributed by atoms with van der Waals surface area (Å²) in [5, 5.41) is 3.25. The van der Waals surface area contributed by atoms with E-state index in [4.69, 9.17) is 4.74 Å². The zero-order valence-electron chi connectivity index (χ0n) is 13.0. The fraction of sp³-hybridized carbons (Fsp3) is 0.733. The number of methoxy groups -OCH3 is 1. The fourth-order valence-corrected chi connectivity index (χ4v) is 3.42. The molecule has 2 aliphatic rings. The lowest BCUT2D eigenvalue weighted by Crippen LogP contribution is -2.55. The van der Waals surface area contributed by atoms with Gasteiger partial charge in [-0.15, -0.1) is 0 Å². The lowest BCUT2D eigenvalue weighted by atomic mass is 9.99. The molecule has 1 atom stereocenters. The van der Waals surface area contributed by atoms with Crippen molar-refractivity contribution >= 4 is 11.6 Å². The van der Waals surface area contributed by atoms with Crippen LogP contribution in [-0.2, 0) is 0 Å². The Labute approximate surface area is 126 Å². The number of ether oxygens (including phenoxy) is 1. The highest BCUT2D eigenvalue weighted by molar-refractivity contribution is 5.65. The number of fused-ring (bicyclic) bond motifs is 1. The molecule has 1 unspecified atom stereocenters. The van der Waals surface area contributed by atoms with Crippen LogP contribution in [0.1, 0.15) is 26.2 Å². The van der Waals surface area contributed by atoms with Crippen molar-refractivity contribution < 1.29 is 4.74 Å². The molecular formula is C15H25N5O. The number of nitrogens with one attached hydrogen (secondary N) is 1. The molecular weight excluding hydrogens is 266 g/mol. The molecule has 0 amide bonds. The number of anilines is 2. The number of hydrogen-bond donors (Lipinski definition) is 1. The summed E-state index contributed by atoms with van der Waals surface area (Å²) in [6.45, 7) is 7.30. The van der Waals surface area contributed by atoms with Crippen molar-refractivity contribution in [3.05, 3.63) is 6.33 Å². The van der Waals surface area contributed by atoms with Gasteiger partial charge in [0.15, 0.2) is 11.6 Å². The highest BCUT2D eigenvalue weighted by Crippen LogP contribution is 2.34. The highest BCUT2D eigenvalue weighted by Gasteiger charge is 2.31. The first-order valence-electron chi connectivity index (χ1n) is 7.95. The van der Waals surface area contributed by atoms with Crippen LogP contribution >= 0.6 is 0 Å². The lowest BCUT2D eigenvalue weighted by Gasteiger charge is -2.44. The summed E-state index contributed by atoms with van der Waals surface area (Å²) in [5.41, 5.74) is 0. The standard InChI is InChI=1S/C15H25N5O/c1-3-16-14-13(21-2)15(18-11-17-14)20-9-8-19-7-5-4-6-12(19)10-20/h11-12H,3-10H2,1-2H3,(H,16,17,18). The summed E-state index contributed by atoms with van der Waals surface area (Å²) in [6.07, 6.45) is 5.61. The number of rotatable bonds is 4. The van der Waals surface area contributed by atoms with Gasteiger partial charge in [0.05, 0.1) is 7.11 Å². The lowest BCUT2D eigenvalue weighted by molar-refractivity contribution is 0.133. The van der Waals surface area contributed by atoms with Crippen LogP contribution in [0.15, 0.2) is 6.33 Å². The van der Waals surface area contributed by atoms with Crippen molar-refractivity contribution in [2.45, 2.75) is 32.2 Å². The molecule has 3 rings (SSSR count). The van der Waals surface area contributed by atoms with E-state index in [1.807, 2.05) is 0 Å². The van der Waals surface area contributed by atoms with Crippen LogP contribution in [0.5, 0.6) is 5.75 Å². The van der Waals surface area contributed by atoms with Crippen LogP contribution in [-0.4, -0.2) is 60.7 Å². The first kappa shape index (κ1) is 14.4. The Morgan fingerprint density at radius 3 is 3.00 bits per heavy atom. The van der Waals surface area contributed by atoms with Gasteiger partial charge in [-0.3, -0.25) is 4.90 Å². The molecule has 116 valence electrons. The van der Waals surface area contributed by atoms with Gasteiger partial charge in [-0.05, 0) is 26.3 Å². The maximum absolute atomic E-state index is 5.58. The van der Waals surface area contributed by atoms with Gasteiger partial charge in [0.1, 0.15) is 6.33 Å². The zero-order valence-corrected chi connectivity index (χ0v) is 13.0. The second-order valence-electron chi connectivity index (χ2n) is 5.74. The normalized spacial score (nSPS) is 22.8. The van der Waals surface area contributed by atoms with Crippen molar-refractivity contribution in [3.8, 4) is 5.75 Å². The van der Waals surface area contributed by atoms with Crippen molar-refractivity contribution in [1.29, 1.82) is 0 Å². The zero-order chi connectivity index (χ0) is 14.7. The van der Waals surface area contributed by atoms with Crippen LogP contribution in [0, 0.1) is 0 Å². The van der Waals surface area contributed by atoms with E-state index in [1.54, 1.807) is 13.4 Å². The van der Waals surface area contributed by atoms with Gasteiger partial charge in [0.2, 0.25) is 5.75 Å². The van der Waals surface area contributed by atoms with Crippen LogP contribution in [0.2, 0.25) is 0 Å². The molecule has 1 N–H and O–H groups in total. The smallest absolute Gasteiger partial charge is 0.204 e. The van der Waals surface area contributed by atoms with Gasteiger partial charge in [-0.2, -0.15) is 0 Å². The Hall–Kier alpha value is -1.56. The molecule has 2 fully saturated rings. The van der Waals surface area contributed by atoms with Gasteiger partial charge in [-0.1, -0.05) is 6.42 Å². The summed E-state index contributed by atoms with van der Waals surface area (Å²) < 4.78 is 5.58. The Bertz CT molecular complexity index is 481. The van der Waals surface area contributed by atoms with Crippen molar-refractivity contribution in [2.75, 3.05) is 50.1 Å². The minimum absolute atomic E-state index is 0.662. The third-order valence-electron chi connectivity index (χ3n) is 4.47. The fourth-order valence-electron chi connectivity index (χ4n) is 3.42. The van der Waals surface area contributed by atoms with E-state index in [-0.39, 0.29) is 0 Å². The molecule has 0 radical (unpaired) electrons. The largest absolute Gasteiger partial charge is 0.490 e. The number of piperazine rings is 1. The van der Waals surface area contributed by atoms with Crippen LogP contribution in [0.3, 0.4) is 0 Å². The van der Waals surface area contributed by atoms with Gasteiger partial charge in [0, 0.05) is 32.2 Å². The molecule has 0 aliphatic carbocycles. The minimum atomic E-state index is 0.662. The number of aromatic nitrogens is 2. The maximum Gasteiger partial charge on any atom is 0.204 e. The average molecular weight is 291 g/mol. The van der Waals surface area contributed by atoms with E-state index < -0.39 is 0 Å². The molecule has 2 saturated heterocycles. The summed E-state index contributed by atoms with van der Waals surface area (Å²) in [7, 11) is 1.69. The summed E-state index contributed by atoms with van der Waals surface area (Å²) in [5.74, 6) is 2.48. The number of nitrogens with zero attached hydrogens (tertiary/aromatic N) is 4. The predicted molar refractivity (Wildman–Crippen MR) is 84.2 cm³/mol. The topological polar surface area (TPSA) is 53.5 Å². The molecule has 21 heavy (non-hydrogen) atoms. The van der Waals surface area contributed by atoms with Crippen molar-refractivity contribution in [1.82, 2.24) is 14.9 Å². The molecule has 2 aliphatic heterocycles. The van der Waals surface area contributed by atoms with Gasteiger partial charge in [0.25, 0.3) is 0 Å². The molecule has 0 aromatic carbocycles. The van der Waals surface area contributed by atoms with Crippen molar-refractivity contribution in [3.63, 3.8) is 0 Å². The second-order valence-corrected chi connectivity index (χ2v) is 5.74. The van der Waals surface area contributed by atoms with E-state index >= 15 is 0 Å². The van der Waals surface area contributed by atoms with E-state index in [9.17, 15) is 0 Å². The van der Waals surface area contributed by atoms with E-state index in [0.29, 0.717) is 6.04 Å². The van der Waals surface area contributed by atoms with Gasteiger partial charge >= 0.3 is 0 Å². The quantitative estimate of drug-likeness (QED) is 0.909. The Kier molecular flexibility index (Phi) is 4.43. The molecule has 1 aromatic heterocycles. The Morgan fingerprint density at radius 2 is 2.19 bits per heavy atom. The van der Waals surface area contributed by atoms with Crippen LogP contribution in [0.4, 0.5) is 11.6 Å². The van der Waals surface area contributed by atoms with Gasteiger partial charge < -0.3 is 15.0 Å². The SMILES string of the molecule is CCNc1ncnc(N2CCN3CCCCC3C2)c1OC. The summed E-state index contributed by atoms with van der Waals surface area (Å²) >= 11 is 0. The first-order valence-corrected chi connectivity index (χ1v) is 7.95. The summed E-state index contributed by atoms with van der Waals surface area (Å²) in [4.78, 5) is 13.8.